The van der Waals surface area contributed by atoms with Gasteiger partial charge in [0, 0.05) is 58.4 Å². The summed E-state index contributed by atoms with van der Waals surface area (Å²) < 4.78 is 31.9. The molecule has 0 bridgehead atoms. The zero-order chi connectivity index (χ0) is 18.6. The van der Waals surface area contributed by atoms with E-state index in [9.17, 15) is 13.2 Å². The highest BCUT2D eigenvalue weighted by molar-refractivity contribution is 7.89. The number of amides is 1. The van der Waals surface area contributed by atoms with E-state index >= 15 is 0 Å². The van der Waals surface area contributed by atoms with Gasteiger partial charge in [-0.1, -0.05) is 0 Å². The molecule has 0 aromatic carbocycles. The lowest BCUT2D eigenvalue weighted by Crippen LogP contribution is -2.48. The van der Waals surface area contributed by atoms with Crippen molar-refractivity contribution in [3.05, 3.63) is 18.0 Å². The number of carbonyl (C=O) groups excluding carboxylic acids is 1. The molecule has 0 spiro atoms. The highest BCUT2D eigenvalue weighted by Crippen LogP contribution is 2.19. The van der Waals surface area contributed by atoms with Crippen molar-refractivity contribution in [3.8, 4) is 12.3 Å². The van der Waals surface area contributed by atoms with Gasteiger partial charge >= 0.3 is 0 Å². The number of rotatable bonds is 5. The first kappa shape index (κ1) is 18.9. The Bertz CT molecular complexity index is 769. The van der Waals surface area contributed by atoms with Crippen molar-refractivity contribution < 1.29 is 17.9 Å². The number of aromatic amines is 1. The first-order valence-corrected chi connectivity index (χ1v) is 10.2. The van der Waals surface area contributed by atoms with Crippen LogP contribution in [0.1, 0.15) is 16.9 Å². The molecule has 3 heterocycles. The molecule has 2 saturated heterocycles. The summed E-state index contributed by atoms with van der Waals surface area (Å²) in [5.74, 6) is 2.45. The van der Waals surface area contributed by atoms with Crippen LogP contribution >= 0.6 is 0 Å². The van der Waals surface area contributed by atoms with Gasteiger partial charge in [-0.3, -0.25) is 9.69 Å². The minimum Gasteiger partial charge on any atom is -0.379 e. The van der Waals surface area contributed by atoms with Crippen LogP contribution < -0.4 is 0 Å². The number of morpholine rings is 1. The normalized spacial score (nSPS) is 20.0. The van der Waals surface area contributed by atoms with Crippen molar-refractivity contribution in [2.75, 3.05) is 59.0 Å². The average Bonchev–Trinajstić information content (AvgIpc) is 3.18. The number of hydrogen-bond donors (Lipinski definition) is 1. The molecule has 26 heavy (non-hydrogen) atoms. The summed E-state index contributed by atoms with van der Waals surface area (Å²) in [7, 11) is -3.60. The second-order valence-corrected chi connectivity index (χ2v) is 8.29. The van der Waals surface area contributed by atoms with Crippen molar-refractivity contribution in [1.29, 1.82) is 0 Å². The molecule has 0 radical (unpaired) electrons. The number of carbonyl (C=O) groups is 1. The number of H-pyrrole nitrogens is 1. The highest BCUT2D eigenvalue weighted by atomic mass is 32.2. The molecule has 142 valence electrons. The molecule has 1 aromatic heterocycles. The van der Waals surface area contributed by atoms with E-state index in [-0.39, 0.29) is 10.8 Å². The minimum atomic E-state index is -3.60. The Morgan fingerprint density at radius 3 is 2.54 bits per heavy atom. The SMILES string of the molecule is C#CCCN1CCN(C(=O)c2cc(S(=O)(=O)N3CCOCC3)c[nH]2)CC1. The van der Waals surface area contributed by atoms with E-state index < -0.39 is 10.0 Å². The predicted octanol–water partition coefficient (Wildman–Crippen LogP) is -0.183. The van der Waals surface area contributed by atoms with Crippen LogP contribution in [-0.4, -0.2) is 92.4 Å². The van der Waals surface area contributed by atoms with Gasteiger partial charge in [0.1, 0.15) is 10.6 Å². The van der Waals surface area contributed by atoms with Crippen LogP contribution in [0.2, 0.25) is 0 Å². The third-order valence-corrected chi connectivity index (χ3v) is 6.60. The van der Waals surface area contributed by atoms with Gasteiger partial charge in [-0.15, -0.1) is 12.3 Å². The van der Waals surface area contributed by atoms with Gasteiger partial charge in [-0.25, -0.2) is 8.42 Å². The molecule has 9 heteroatoms. The first-order chi connectivity index (χ1) is 12.5. The van der Waals surface area contributed by atoms with Crippen molar-refractivity contribution in [2.45, 2.75) is 11.3 Å². The lowest BCUT2D eigenvalue weighted by atomic mass is 10.2. The van der Waals surface area contributed by atoms with Crippen molar-refractivity contribution in [3.63, 3.8) is 0 Å². The van der Waals surface area contributed by atoms with E-state index in [0.29, 0.717) is 51.5 Å². The van der Waals surface area contributed by atoms with E-state index in [1.807, 2.05) is 0 Å². The second kappa shape index (κ2) is 8.22. The van der Waals surface area contributed by atoms with Gasteiger partial charge in [0.15, 0.2) is 0 Å². The van der Waals surface area contributed by atoms with E-state index in [1.165, 1.54) is 16.6 Å². The van der Waals surface area contributed by atoms with Crippen LogP contribution in [-0.2, 0) is 14.8 Å². The van der Waals surface area contributed by atoms with Gasteiger partial charge in [-0.05, 0) is 6.07 Å². The smallest absolute Gasteiger partial charge is 0.270 e. The fourth-order valence-corrected chi connectivity index (χ4v) is 4.55. The van der Waals surface area contributed by atoms with Crippen LogP contribution in [0.4, 0.5) is 0 Å². The fraction of sp³-hybridized carbons (Fsp3) is 0.588. The van der Waals surface area contributed by atoms with E-state index in [2.05, 4.69) is 15.8 Å². The molecule has 0 unspecified atom stereocenters. The first-order valence-electron chi connectivity index (χ1n) is 8.74. The van der Waals surface area contributed by atoms with Crippen LogP contribution in [0, 0.1) is 12.3 Å². The Morgan fingerprint density at radius 1 is 1.19 bits per heavy atom. The van der Waals surface area contributed by atoms with Crippen molar-refractivity contribution in [2.24, 2.45) is 0 Å². The lowest BCUT2D eigenvalue weighted by molar-refractivity contribution is 0.0634. The number of sulfonamides is 1. The van der Waals surface area contributed by atoms with Crippen LogP contribution in [0.3, 0.4) is 0 Å². The molecule has 0 saturated carbocycles. The summed E-state index contributed by atoms with van der Waals surface area (Å²) in [4.78, 5) is 19.6. The molecule has 2 aliphatic heterocycles. The largest absolute Gasteiger partial charge is 0.379 e. The lowest BCUT2D eigenvalue weighted by Gasteiger charge is -2.34. The van der Waals surface area contributed by atoms with Gasteiger partial charge in [0.05, 0.1) is 13.2 Å². The third-order valence-electron chi connectivity index (χ3n) is 4.73. The van der Waals surface area contributed by atoms with E-state index in [0.717, 1.165) is 19.6 Å². The Hall–Kier alpha value is -1.86. The van der Waals surface area contributed by atoms with Gasteiger partial charge in [-0.2, -0.15) is 4.31 Å². The van der Waals surface area contributed by atoms with Crippen molar-refractivity contribution in [1.82, 2.24) is 19.1 Å². The van der Waals surface area contributed by atoms with Crippen molar-refractivity contribution >= 4 is 15.9 Å². The number of nitrogens with one attached hydrogen (secondary N) is 1. The number of terminal acetylenes is 1. The van der Waals surface area contributed by atoms with Crippen LogP contribution in [0.15, 0.2) is 17.2 Å². The topological polar surface area (TPSA) is 86.0 Å². The fourth-order valence-electron chi connectivity index (χ4n) is 3.15. The van der Waals surface area contributed by atoms with Gasteiger partial charge < -0.3 is 14.6 Å². The summed E-state index contributed by atoms with van der Waals surface area (Å²) in [5, 5.41) is 0. The summed E-state index contributed by atoms with van der Waals surface area (Å²) in [6, 6.07) is 1.43. The summed E-state index contributed by atoms with van der Waals surface area (Å²) in [5.41, 5.74) is 0.300. The Balaban J connectivity index is 1.63. The summed E-state index contributed by atoms with van der Waals surface area (Å²) in [6.07, 6.45) is 7.38. The molecule has 1 amide bonds. The van der Waals surface area contributed by atoms with Gasteiger partial charge in [0.25, 0.3) is 5.91 Å². The Labute approximate surface area is 154 Å². The van der Waals surface area contributed by atoms with E-state index in [1.54, 1.807) is 4.90 Å². The van der Waals surface area contributed by atoms with Gasteiger partial charge in [0.2, 0.25) is 10.0 Å². The number of hydrogen-bond acceptors (Lipinski definition) is 5. The molecule has 8 nitrogen and oxygen atoms in total. The second-order valence-electron chi connectivity index (χ2n) is 6.35. The zero-order valence-electron chi connectivity index (χ0n) is 14.7. The Morgan fingerprint density at radius 2 is 1.88 bits per heavy atom. The molecule has 3 rings (SSSR count). The molecular formula is C17H24N4O4S. The molecule has 2 fully saturated rings. The maximum Gasteiger partial charge on any atom is 0.270 e. The number of ether oxygens (including phenoxy) is 1. The number of nitrogens with zero attached hydrogens (tertiary/aromatic N) is 3. The molecule has 1 N–H and O–H groups in total. The maximum atomic E-state index is 12.7. The predicted molar refractivity (Wildman–Crippen MR) is 96.2 cm³/mol. The quantitative estimate of drug-likeness (QED) is 0.716. The molecular weight excluding hydrogens is 356 g/mol. The average molecular weight is 380 g/mol. The summed E-state index contributed by atoms with van der Waals surface area (Å²) in [6.45, 7) is 5.02. The highest BCUT2D eigenvalue weighted by Gasteiger charge is 2.29. The van der Waals surface area contributed by atoms with E-state index in [4.69, 9.17) is 11.2 Å². The minimum absolute atomic E-state index is 0.121. The Kier molecular flexibility index (Phi) is 5.98. The monoisotopic (exact) mass is 380 g/mol. The molecule has 1 aromatic rings. The number of aromatic nitrogens is 1. The maximum absolute atomic E-state index is 12.7. The van der Waals surface area contributed by atoms with Crippen LogP contribution in [0.5, 0.6) is 0 Å². The number of piperazine rings is 1. The zero-order valence-corrected chi connectivity index (χ0v) is 15.5. The third kappa shape index (κ3) is 4.10. The molecule has 0 aliphatic carbocycles. The molecule has 2 aliphatic rings. The van der Waals surface area contributed by atoms with Crippen LogP contribution in [0.25, 0.3) is 0 Å². The standard InChI is InChI=1S/C17H24N4O4S/c1-2-3-4-19-5-7-20(8-6-19)17(22)16-13-15(14-18-16)26(23,24)21-9-11-25-12-10-21/h1,13-14,18H,3-12H2. The molecule has 0 atom stereocenters. The summed E-state index contributed by atoms with van der Waals surface area (Å²) >= 11 is 0.